The van der Waals surface area contributed by atoms with Gasteiger partial charge in [-0.05, 0) is 71.1 Å². The molecule has 0 N–H and O–H groups in total. The van der Waals surface area contributed by atoms with Crippen molar-refractivity contribution in [2.24, 2.45) is 5.92 Å². The van der Waals surface area contributed by atoms with Crippen LogP contribution in [0, 0.1) is 5.92 Å². The summed E-state index contributed by atoms with van der Waals surface area (Å²) in [7, 11) is 0. The monoisotopic (exact) mass is 420 g/mol. The molecule has 0 aliphatic carbocycles. The number of rotatable bonds is 21. The number of unbranched alkanes of at least 4 members (excludes halogenated alkanes) is 11. The van der Waals surface area contributed by atoms with E-state index >= 15 is 0 Å². The van der Waals surface area contributed by atoms with Crippen LogP contribution in [0.15, 0.2) is 23.8 Å². The van der Waals surface area contributed by atoms with Crippen LogP contribution in [-0.2, 0) is 9.53 Å². The van der Waals surface area contributed by atoms with E-state index < -0.39 is 0 Å². The Hall–Kier alpha value is -1.05. The maximum Gasteiger partial charge on any atom is 0.305 e. The molecule has 0 aromatic carbocycles. The van der Waals surface area contributed by atoms with Crippen LogP contribution in [-0.4, -0.2) is 12.6 Å². The number of esters is 1. The highest BCUT2D eigenvalue weighted by molar-refractivity contribution is 5.69. The first kappa shape index (κ1) is 28.9. The Morgan fingerprint density at radius 3 is 1.93 bits per heavy atom. The van der Waals surface area contributed by atoms with Gasteiger partial charge in [0.1, 0.15) is 0 Å². The maximum absolute atomic E-state index is 11.8. The highest BCUT2D eigenvalue weighted by Gasteiger charge is 2.05. The number of allylic oxidation sites excluding steroid dienone is 4. The smallest absolute Gasteiger partial charge is 0.305 e. The lowest BCUT2D eigenvalue weighted by molar-refractivity contribution is -0.144. The average molecular weight is 421 g/mol. The molecular weight excluding hydrogens is 368 g/mol. The van der Waals surface area contributed by atoms with Crippen LogP contribution >= 0.6 is 0 Å². The van der Waals surface area contributed by atoms with Gasteiger partial charge in [-0.1, -0.05) is 89.0 Å². The van der Waals surface area contributed by atoms with Crippen molar-refractivity contribution in [1.29, 1.82) is 0 Å². The molecule has 176 valence electrons. The molecule has 2 heteroatoms. The Labute approximate surface area is 188 Å². The van der Waals surface area contributed by atoms with Gasteiger partial charge in [-0.3, -0.25) is 4.79 Å². The van der Waals surface area contributed by atoms with Crippen LogP contribution in [0.5, 0.6) is 0 Å². The Bertz CT molecular complexity index is 432. The third kappa shape index (κ3) is 23.2. The molecule has 0 aliphatic rings. The van der Waals surface area contributed by atoms with E-state index in [1.807, 2.05) is 0 Å². The molecule has 1 atom stereocenters. The second-order valence-electron chi connectivity index (χ2n) is 9.31. The van der Waals surface area contributed by atoms with E-state index in [1.54, 1.807) is 0 Å². The van der Waals surface area contributed by atoms with E-state index in [1.165, 1.54) is 82.6 Å². The van der Waals surface area contributed by atoms with Crippen molar-refractivity contribution >= 4 is 5.97 Å². The molecule has 0 aliphatic heterocycles. The molecule has 2 nitrogen and oxygen atoms in total. The van der Waals surface area contributed by atoms with Gasteiger partial charge in [0.15, 0.2) is 0 Å². The van der Waals surface area contributed by atoms with Gasteiger partial charge in [0, 0.05) is 6.42 Å². The van der Waals surface area contributed by atoms with Crippen LogP contribution in [0.3, 0.4) is 0 Å². The van der Waals surface area contributed by atoms with Gasteiger partial charge in [-0.2, -0.15) is 0 Å². The fourth-order valence-corrected chi connectivity index (χ4v) is 3.59. The van der Waals surface area contributed by atoms with Gasteiger partial charge in [0.2, 0.25) is 0 Å². The summed E-state index contributed by atoms with van der Waals surface area (Å²) >= 11 is 0. The van der Waals surface area contributed by atoms with Crippen molar-refractivity contribution in [1.82, 2.24) is 0 Å². The summed E-state index contributed by atoms with van der Waals surface area (Å²) in [4.78, 5) is 11.8. The first-order valence-electron chi connectivity index (χ1n) is 13.0. The first-order valence-corrected chi connectivity index (χ1v) is 13.0. The number of carbonyl (C=O) groups excluding carboxylic acids is 1. The molecule has 0 saturated heterocycles. The predicted molar refractivity (Wildman–Crippen MR) is 133 cm³/mol. The van der Waals surface area contributed by atoms with Gasteiger partial charge in [-0.25, -0.2) is 0 Å². The van der Waals surface area contributed by atoms with E-state index in [-0.39, 0.29) is 5.97 Å². The summed E-state index contributed by atoms with van der Waals surface area (Å²) in [5.74, 6) is 0.609. The minimum absolute atomic E-state index is 0.0101. The molecule has 0 fully saturated rings. The van der Waals surface area contributed by atoms with E-state index in [0.717, 1.165) is 25.7 Å². The summed E-state index contributed by atoms with van der Waals surface area (Å²) in [6.45, 7) is 9.38. The van der Waals surface area contributed by atoms with Crippen molar-refractivity contribution < 1.29 is 9.53 Å². The largest absolute Gasteiger partial charge is 0.466 e. The van der Waals surface area contributed by atoms with Crippen LogP contribution < -0.4 is 0 Å². The number of hydrogen-bond donors (Lipinski definition) is 0. The minimum Gasteiger partial charge on any atom is -0.466 e. The molecule has 30 heavy (non-hydrogen) atoms. The molecule has 0 radical (unpaired) electrons. The average Bonchev–Trinajstić information content (AvgIpc) is 2.70. The van der Waals surface area contributed by atoms with Crippen LogP contribution in [0.25, 0.3) is 0 Å². The first-order chi connectivity index (χ1) is 14.6. The summed E-state index contributed by atoms with van der Waals surface area (Å²) in [6, 6.07) is 0. The standard InChI is InChI=1S/C28H52O2/c1-5-6-7-8-9-10-11-12-13-14-15-16-17-18-19-23-28(29)30-25-24-27(4)22-20-21-26(2)3/h12-13,21,27H,5-11,14-20,22-25H2,1-4H3/b13-12-/t27-/m0/s1. The number of carbonyl (C=O) groups is 1. The molecule has 0 bridgehead atoms. The number of ether oxygens (including phenoxy) is 1. The second kappa shape index (κ2) is 22.6. The molecule has 0 amide bonds. The third-order valence-corrected chi connectivity index (χ3v) is 5.73. The zero-order chi connectivity index (χ0) is 22.3. The molecule has 0 unspecified atom stereocenters. The van der Waals surface area contributed by atoms with Gasteiger partial charge in [0.25, 0.3) is 0 Å². The van der Waals surface area contributed by atoms with Crippen molar-refractivity contribution in [3.8, 4) is 0 Å². The fourth-order valence-electron chi connectivity index (χ4n) is 3.59. The molecule has 0 aromatic heterocycles. The summed E-state index contributed by atoms with van der Waals surface area (Å²) in [5, 5.41) is 0. The third-order valence-electron chi connectivity index (χ3n) is 5.73. The maximum atomic E-state index is 11.8. The lowest BCUT2D eigenvalue weighted by Crippen LogP contribution is -2.08. The Morgan fingerprint density at radius 1 is 0.767 bits per heavy atom. The highest BCUT2D eigenvalue weighted by atomic mass is 16.5. The van der Waals surface area contributed by atoms with Gasteiger partial charge in [-0.15, -0.1) is 0 Å². The molecule has 0 heterocycles. The Kier molecular flexibility index (Phi) is 21.8. The zero-order valence-corrected chi connectivity index (χ0v) is 20.9. The zero-order valence-electron chi connectivity index (χ0n) is 20.9. The lowest BCUT2D eigenvalue weighted by atomic mass is 10.0. The van der Waals surface area contributed by atoms with Gasteiger partial charge in [0.05, 0.1) is 6.61 Å². The molecule has 0 spiro atoms. The highest BCUT2D eigenvalue weighted by Crippen LogP contribution is 2.13. The van der Waals surface area contributed by atoms with Crippen LogP contribution in [0.4, 0.5) is 0 Å². The quantitative estimate of drug-likeness (QED) is 0.105. The molecular formula is C28H52O2. The van der Waals surface area contributed by atoms with Crippen molar-refractivity contribution in [3.63, 3.8) is 0 Å². The van der Waals surface area contributed by atoms with E-state index in [4.69, 9.17) is 4.74 Å². The summed E-state index contributed by atoms with van der Waals surface area (Å²) in [6.07, 6.45) is 27.6. The molecule has 0 saturated carbocycles. The fraction of sp³-hybridized carbons (Fsp3) is 0.821. The van der Waals surface area contributed by atoms with E-state index in [2.05, 4.69) is 45.9 Å². The van der Waals surface area contributed by atoms with E-state index in [0.29, 0.717) is 18.9 Å². The predicted octanol–water partition coefficient (Wildman–Crippen LogP) is 9.34. The van der Waals surface area contributed by atoms with Gasteiger partial charge < -0.3 is 4.74 Å². The van der Waals surface area contributed by atoms with Gasteiger partial charge >= 0.3 is 5.97 Å². The summed E-state index contributed by atoms with van der Waals surface area (Å²) in [5.41, 5.74) is 1.38. The van der Waals surface area contributed by atoms with Crippen LogP contribution in [0.2, 0.25) is 0 Å². The number of hydrogen-bond acceptors (Lipinski definition) is 2. The normalized spacial score (nSPS) is 12.3. The topological polar surface area (TPSA) is 26.3 Å². The van der Waals surface area contributed by atoms with Crippen molar-refractivity contribution in [2.45, 2.75) is 137 Å². The molecule has 0 aromatic rings. The van der Waals surface area contributed by atoms with Crippen molar-refractivity contribution in [3.05, 3.63) is 23.8 Å². The van der Waals surface area contributed by atoms with Crippen molar-refractivity contribution in [2.75, 3.05) is 6.61 Å². The second-order valence-corrected chi connectivity index (χ2v) is 9.31. The van der Waals surface area contributed by atoms with Crippen LogP contribution in [0.1, 0.15) is 137 Å². The SMILES string of the molecule is CCCCCCCC/C=C\CCCCCCCC(=O)OCC[C@@H](C)CCC=C(C)C. The van der Waals surface area contributed by atoms with E-state index in [9.17, 15) is 4.79 Å². The Balaban J connectivity index is 3.35. The Morgan fingerprint density at radius 2 is 1.33 bits per heavy atom. The molecule has 0 rings (SSSR count). The summed E-state index contributed by atoms with van der Waals surface area (Å²) < 4.78 is 5.40. The lowest BCUT2D eigenvalue weighted by Gasteiger charge is -2.10. The minimum atomic E-state index is -0.0101.